The number of hydrogen-bond donors (Lipinski definition) is 5. The molecule has 0 aromatic carbocycles. The average Bonchev–Trinajstić information content (AvgIpc) is 3.06. The molecule has 3 saturated carbocycles. The molecule has 1 heterocycles. The van der Waals surface area contributed by atoms with Crippen molar-refractivity contribution in [2.24, 2.45) is 34.3 Å². The zero-order chi connectivity index (χ0) is 24.5. The van der Waals surface area contributed by atoms with Crippen molar-refractivity contribution >= 4 is 23.4 Å². The minimum atomic E-state index is -1.49. The first-order chi connectivity index (χ1) is 16.0. The minimum Gasteiger partial charge on any atom is -0.393 e. The summed E-state index contributed by atoms with van der Waals surface area (Å²) in [6.45, 7) is 4.58. The summed E-state index contributed by atoms with van der Waals surface area (Å²) in [4.78, 5) is 16.1. The number of hydrogen-bond acceptors (Lipinski definition) is 6. The number of aliphatic hydroxyl groups excluding tert-OH is 1. The van der Waals surface area contributed by atoms with Gasteiger partial charge in [0.25, 0.3) is 0 Å². The first-order valence-electron chi connectivity index (χ1n) is 12.2. The molecule has 8 heteroatoms. The standard InChI is InChI=1S/C26H34FN3O3S/c1-24-10-14(12-28)19(30-16-4-6-21(27)29-13-16)9-15(24)3-5-17-18-7-8-26(33,23(32)34)25(18,2)11-20(31)22(17)24/h4,6,9,13,17-18,20,22,30-31,33H,3,5,7-8,10-12,28H2,1-2H3,(H,32,34). The summed E-state index contributed by atoms with van der Waals surface area (Å²) < 4.78 is 13.2. The lowest BCUT2D eigenvalue weighted by Crippen LogP contribution is -2.61. The normalized spacial score (nSPS) is 41.3. The van der Waals surface area contributed by atoms with E-state index in [1.807, 2.05) is 6.92 Å². The molecule has 0 spiro atoms. The zero-order valence-corrected chi connectivity index (χ0v) is 20.6. The summed E-state index contributed by atoms with van der Waals surface area (Å²) in [7, 11) is 0. The van der Waals surface area contributed by atoms with Crippen LogP contribution in [0.2, 0.25) is 0 Å². The van der Waals surface area contributed by atoms with E-state index in [4.69, 9.17) is 5.73 Å². The molecule has 7 unspecified atom stereocenters. The quantitative estimate of drug-likeness (QED) is 0.328. The van der Waals surface area contributed by atoms with Crippen LogP contribution in [0.15, 0.2) is 41.2 Å². The van der Waals surface area contributed by atoms with Gasteiger partial charge in [-0.3, -0.25) is 4.79 Å². The Kier molecular flexibility index (Phi) is 5.75. The van der Waals surface area contributed by atoms with Gasteiger partial charge in [0.05, 0.1) is 18.0 Å². The third-order valence-electron chi connectivity index (χ3n) is 9.71. The number of pyridine rings is 1. The van der Waals surface area contributed by atoms with E-state index in [-0.39, 0.29) is 23.2 Å². The number of thiol groups is 1. The van der Waals surface area contributed by atoms with Crippen LogP contribution in [0.25, 0.3) is 0 Å². The lowest BCUT2D eigenvalue weighted by molar-refractivity contribution is -0.173. The molecule has 5 N–H and O–H groups in total. The number of anilines is 1. The van der Waals surface area contributed by atoms with Crippen LogP contribution in [-0.4, -0.2) is 38.6 Å². The fourth-order valence-electron chi connectivity index (χ4n) is 8.02. The van der Waals surface area contributed by atoms with Gasteiger partial charge in [-0.15, -0.1) is 12.6 Å². The van der Waals surface area contributed by atoms with Crippen LogP contribution in [0, 0.1) is 34.5 Å². The molecule has 4 aliphatic carbocycles. The van der Waals surface area contributed by atoms with E-state index in [1.54, 1.807) is 6.07 Å². The average molecular weight is 488 g/mol. The van der Waals surface area contributed by atoms with Gasteiger partial charge >= 0.3 is 0 Å². The van der Waals surface area contributed by atoms with Gasteiger partial charge in [-0.25, -0.2) is 4.98 Å². The van der Waals surface area contributed by atoms with Gasteiger partial charge in [0.2, 0.25) is 11.1 Å². The fourth-order valence-corrected chi connectivity index (χ4v) is 8.39. The first-order valence-corrected chi connectivity index (χ1v) is 12.6. The highest BCUT2D eigenvalue weighted by Gasteiger charge is 2.68. The molecule has 1 aromatic heterocycles. The van der Waals surface area contributed by atoms with E-state index in [0.29, 0.717) is 25.1 Å². The number of nitrogens with one attached hydrogen (secondary N) is 1. The molecular weight excluding hydrogens is 453 g/mol. The molecule has 7 atom stereocenters. The summed E-state index contributed by atoms with van der Waals surface area (Å²) in [5.41, 5.74) is 7.74. The number of carbonyl (C=O) groups is 1. The van der Waals surface area contributed by atoms with Crippen molar-refractivity contribution in [2.75, 3.05) is 11.9 Å². The van der Waals surface area contributed by atoms with Gasteiger partial charge < -0.3 is 21.3 Å². The van der Waals surface area contributed by atoms with Crippen molar-refractivity contribution in [1.82, 2.24) is 4.98 Å². The molecule has 5 rings (SSSR count). The number of nitrogens with two attached hydrogens (primary N) is 1. The van der Waals surface area contributed by atoms with Crippen molar-refractivity contribution in [2.45, 2.75) is 64.1 Å². The van der Waals surface area contributed by atoms with Crippen LogP contribution in [0.4, 0.5) is 10.1 Å². The van der Waals surface area contributed by atoms with Crippen LogP contribution < -0.4 is 11.1 Å². The van der Waals surface area contributed by atoms with E-state index in [9.17, 15) is 19.4 Å². The molecule has 0 amide bonds. The third-order valence-corrected chi connectivity index (χ3v) is 10.1. The fraction of sp³-hybridized carbons (Fsp3) is 0.615. The van der Waals surface area contributed by atoms with Crippen molar-refractivity contribution in [3.05, 3.63) is 47.2 Å². The number of aliphatic hydroxyl groups is 2. The molecular formula is C26H34FN3O3S. The highest BCUT2D eigenvalue weighted by Crippen LogP contribution is 2.68. The summed E-state index contributed by atoms with van der Waals surface area (Å²) in [5.74, 6) is -0.121. The Morgan fingerprint density at radius 2 is 2.12 bits per heavy atom. The predicted octanol–water partition coefficient (Wildman–Crippen LogP) is 3.58. The lowest BCUT2D eigenvalue weighted by atomic mass is 9.45. The molecule has 0 saturated heterocycles. The zero-order valence-electron chi connectivity index (χ0n) is 19.7. The molecule has 0 bridgehead atoms. The number of rotatable bonds is 4. The van der Waals surface area contributed by atoms with E-state index in [0.717, 1.165) is 37.0 Å². The predicted molar refractivity (Wildman–Crippen MR) is 131 cm³/mol. The Morgan fingerprint density at radius 3 is 2.76 bits per heavy atom. The highest BCUT2D eigenvalue weighted by atomic mass is 32.1. The van der Waals surface area contributed by atoms with Gasteiger partial charge in [0.15, 0.2) is 0 Å². The largest absolute Gasteiger partial charge is 0.393 e. The summed E-state index contributed by atoms with van der Waals surface area (Å²) >= 11 is 4.04. The Bertz CT molecular complexity index is 1080. The van der Waals surface area contributed by atoms with Crippen molar-refractivity contribution in [1.29, 1.82) is 0 Å². The Hall–Kier alpha value is -1.74. The third kappa shape index (κ3) is 3.33. The van der Waals surface area contributed by atoms with Crippen molar-refractivity contribution < 1.29 is 19.4 Å². The highest BCUT2D eigenvalue weighted by molar-refractivity contribution is 7.96. The maximum atomic E-state index is 13.2. The number of aromatic nitrogens is 1. The molecule has 4 aliphatic rings. The lowest BCUT2D eigenvalue weighted by Gasteiger charge is -2.60. The first kappa shape index (κ1) is 24.0. The van der Waals surface area contributed by atoms with Gasteiger partial charge in [-0.1, -0.05) is 19.4 Å². The van der Waals surface area contributed by atoms with Gasteiger partial charge in [0, 0.05) is 17.7 Å². The summed E-state index contributed by atoms with van der Waals surface area (Å²) in [6, 6.07) is 2.98. The van der Waals surface area contributed by atoms with Gasteiger partial charge in [-0.05, 0) is 85.5 Å². The van der Waals surface area contributed by atoms with E-state index < -0.39 is 28.2 Å². The molecule has 6 nitrogen and oxygen atoms in total. The van der Waals surface area contributed by atoms with Crippen molar-refractivity contribution in [3.8, 4) is 0 Å². The van der Waals surface area contributed by atoms with Crippen LogP contribution in [0.5, 0.6) is 0 Å². The van der Waals surface area contributed by atoms with Gasteiger partial charge in [-0.2, -0.15) is 4.39 Å². The second-order valence-corrected chi connectivity index (χ2v) is 11.6. The number of fused-ring (bicyclic) bond motifs is 5. The topological polar surface area (TPSA) is 108 Å². The van der Waals surface area contributed by atoms with E-state index >= 15 is 0 Å². The number of nitrogens with zero attached hydrogens (tertiary/aromatic N) is 1. The summed E-state index contributed by atoms with van der Waals surface area (Å²) in [5, 5.41) is 25.7. The SMILES string of the molecule is CC12CC(CN)=C(Nc3ccc(F)nc3)C=C1CCC1C2C(O)CC2(C)C1CCC2(O)C(=O)S. The van der Waals surface area contributed by atoms with Crippen LogP contribution in [0.1, 0.15) is 52.4 Å². The smallest absolute Gasteiger partial charge is 0.218 e. The molecule has 1 aromatic rings. The Balaban J connectivity index is 1.47. The van der Waals surface area contributed by atoms with E-state index in [2.05, 4.69) is 35.9 Å². The number of halogens is 1. The Morgan fingerprint density at radius 1 is 1.35 bits per heavy atom. The van der Waals surface area contributed by atoms with Crippen LogP contribution in [0.3, 0.4) is 0 Å². The molecule has 184 valence electrons. The molecule has 3 fully saturated rings. The molecule has 0 radical (unpaired) electrons. The number of carbonyl (C=O) groups excluding carboxylic acids is 1. The van der Waals surface area contributed by atoms with Crippen molar-refractivity contribution in [3.63, 3.8) is 0 Å². The Labute approximate surface area is 205 Å². The summed E-state index contributed by atoms with van der Waals surface area (Å²) in [6.07, 6.45) is 7.07. The van der Waals surface area contributed by atoms with E-state index in [1.165, 1.54) is 17.8 Å². The maximum Gasteiger partial charge on any atom is 0.218 e. The van der Waals surface area contributed by atoms with Crippen LogP contribution in [-0.2, 0) is 4.79 Å². The van der Waals surface area contributed by atoms with Crippen LogP contribution >= 0.6 is 12.6 Å². The van der Waals surface area contributed by atoms with Gasteiger partial charge in [0.1, 0.15) is 5.60 Å². The second kappa shape index (κ2) is 8.15. The minimum absolute atomic E-state index is 0.0264. The molecule has 34 heavy (non-hydrogen) atoms. The second-order valence-electron chi connectivity index (χ2n) is 11.2. The maximum absolute atomic E-state index is 13.2. The monoisotopic (exact) mass is 487 g/mol. The number of allylic oxidation sites excluding steroid dienone is 2. The molecule has 0 aliphatic heterocycles.